The summed E-state index contributed by atoms with van der Waals surface area (Å²) in [6, 6.07) is 3.97. The number of phosphoric acid groups is 1. The van der Waals surface area contributed by atoms with E-state index in [0.29, 0.717) is 106 Å². The molecule has 0 spiro atoms. The molecule has 0 radical (unpaired) electrons. The molecule has 4 bridgehead atoms. The number of piperazine rings is 1. The Morgan fingerprint density at radius 3 is 1.82 bits per heavy atom. The summed E-state index contributed by atoms with van der Waals surface area (Å²) in [5.41, 5.74) is -9.08. The molecule has 5 aromatic rings. The summed E-state index contributed by atoms with van der Waals surface area (Å²) in [7, 11) is -2.84. The first kappa shape index (κ1) is 84.8. The number of anilines is 1. The summed E-state index contributed by atoms with van der Waals surface area (Å²) in [4.78, 5) is 133. The summed E-state index contributed by atoms with van der Waals surface area (Å²) >= 11 is 0. The SMILES string of the molecule is COC(=O)N[C@H](C(=O)N[C@@H](Cc1ccc(C#Cc2cnc(N3CC4CCC(C3)N4C3COC3)nc2)cc1)[C@H](CN(Cc1c(F)cc(-c2ccn(C(F)F)n2)cc1F)NC(=O)[C@@H](NC(=O)OC)C(C)(C)C(F)(F)F)OC(=O)CC(C)(C)c1c(CC(=O)NC23CC(C(=O)OC)(C2)C3)cc(C)cc1OP(=O)(O)O)C(C)(C)C(F)(F)F. The number of carbonyl (C=O) groups is 7. The number of nitrogens with one attached hydrogen (secondary N) is 5. The van der Waals surface area contributed by atoms with Crippen LogP contribution in [0, 0.1) is 46.6 Å². The second kappa shape index (κ2) is 32.8. The van der Waals surface area contributed by atoms with Gasteiger partial charge in [-0.3, -0.25) is 44.1 Å². The highest BCUT2D eigenvalue weighted by molar-refractivity contribution is 7.46. The highest BCUT2D eigenvalue weighted by Crippen LogP contribution is 2.67. The molecule has 3 saturated heterocycles. The van der Waals surface area contributed by atoms with Gasteiger partial charge in [-0.15, -0.1) is 0 Å². The number of nitrogens with zero attached hydrogens (tertiary/aromatic N) is 7. The molecular weight excluding hydrogens is 1520 g/mol. The second-order valence-corrected chi connectivity index (χ2v) is 31.7. The third-order valence-corrected chi connectivity index (χ3v) is 21.6. The molecule has 2 unspecified atom stereocenters. The van der Waals surface area contributed by atoms with Crippen molar-refractivity contribution in [3.63, 3.8) is 0 Å². The number of halogens is 10. The summed E-state index contributed by atoms with van der Waals surface area (Å²) in [6.45, 7) is 3.02. The number of alkyl halides is 8. The Morgan fingerprint density at radius 2 is 1.31 bits per heavy atom. The van der Waals surface area contributed by atoms with Gasteiger partial charge in [0.15, 0.2) is 0 Å². The van der Waals surface area contributed by atoms with Crippen LogP contribution in [-0.2, 0) is 77.0 Å². The highest BCUT2D eigenvalue weighted by atomic mass is 31.2. The average Bonchev–Trinajstić information content (AvgIpc) is 0.767. The summed E-state index contributed by atoms with van der Waals surface area (Å²) in [6.07, 6.45) is -12.0. The quantitative estimate of drug-likeness (QED) is 0.00589. The molecule has 3 aliphatic carbocycles. The molecule has 39 heteroatoms. The van der Waals surface area contributed by atoms with Crippen LogP contribution in [0.2, 0.25) is 0 Å². The van der Waals surface area contributed by atoms with E-state index in [0.717, 1.165) is 39.3 Å². The lowest BCUT2D eigenvalue weighted by Gasteiger charge is -2.68. The molecule has 5 heterocycles. The zero-order valence-electron chi connectivity index (χ0n) is 62.4. The first-order valence-corrected chi connectivity index (χ1v) is 36.8. The number of rotatable bonds is 29. The third kappa shape index (κ3) is 19.0. The van der Waals surface area contributed by atoms with Crippen LogP contribution < -0.4 is 36.1 Å². The van der Waals surface area contributed by atoms with Crippen LogP contribution in [0.4, 0.5) is 59.4 Å². The molecule has 608 valence electrons. The fraction of sp³-hybridized carbons (Fsp3) is 0.534. The minimum atomic E-state index is -5.56. The van der Waals surface area contributed by atoms with E-state index in [1.807, 2.05) is 5.32 Å². The Kier molecular flexibility index (Phi) is 24.8. The maximum Gasteiger partial charge on any atom is 0.524 e. The fourth-order valence-corrected chi connectivity index (χ4v) is 15.5. The lowest BCUT2D eigenvalue weighted by atomic mass is 9.39. The maximum absolute atomic E-state index is 16.9. The molecule has 5 amide bonds. The van der Waals surface area contributed by atoms with Crippen molar-refractivity contribution in [1.29, 1.82) is 0 Å². The van der Waals surface area contributed by atoms with E-state index in [2.05, 4.69) is 62.2 Å². The lowest BCUT2D eigenvalue weighted by Crippen LogP contribution is -2.77. The molecule has 6 aliphatic rings. The Hall–Kier alpha value is -9.67. The van der Waals surface area contributed by atoms with E-state index in [1.54, 1.807) is 5.32 Å². The fourth-order valence-electron chi connectivity index (χ4n) is 15.1. The molecule has 2 aromatic heterocycles. The zero-order valence-corrected chi connectivity index (χ0v) is 63.3. The van der Waals surface area contributed by atoms with Crippen molar-refractivity contribution >= 4 is 55.6 Å². The molecular formula is C73H85F10N12O16P. The zero-order chi connectivity index (χ0) is 82.2. The van der Waals surface area contributed by atoms with Gasteiger partial charge in [-0.2, -0.15) is 40.2 Å². The molecule has 6 atom stereocenters. The van der Waals surface area contributed by atoms with Crippen molar-refractivity contribution in [3.05, 3.63) is 124 Å². The highest BCUT2D eigenvalue weighted by Gasteiger charge is 2.73. The van der Waals surface area contributed by atoms with Crippen LogP contribution in [0.5, 0.6) is 5.75 Å². The van der Waals surface area contributed by atoms with Crippen molar-refractivity contribution in [3.8, 4) is 28.8 Å². The average molecular weight is 1610 g/mol. The number of esters is 2. The van der Waals surface area contributed by atoms with Gasteiger partial charge in [0, 0.05) is 83.5 Å². The van der Waals surface area contributed by atoms with E-state index in [1.165, 1.54) is 76.7 Å². The minimum Gasteiger partial charge on any atom is -0.469 e. The molecule has 3 saturated carbocycles. The van der Waals surface area contributed by atoms with E-state index in [9.17, 15) is 47.1 Å². The number of benzene rings is 3. The van der Waals surface area contributed by atoms with Crippen molar-refractivity contribution in [1.82, 2.24) is 56.4 Å². The first-order chi connectivity index (χ1) is 52.3. The molecule has 11 rings (SSSR count). The Bertz CT molecular complexity index is 4430. The number of alkyl carbamates (subject to hydrolysis) is 2. The van der Waals surface area contributed by atoms with Crippen LogP contribution in [0.1, 0.15) is 126 Å². The number of hydrazine groups is 1. The monoisotopic (exact) mass is 1610 g/mol. The molecule has 3 aromatic carbocycles. The van der Waals surface area contributed by atoms with E-state index >= 15 is 44.7 Å². The number of methoxy groups -OCH3 is 3. The van der Waals surface area contributed by atoms with Gasteiger partial charge < -0.3 is 54.4 Å². The van der Waals surface area contributed by atoms with Gasteiger partial charge >= 0.3 is 50.8 Å². The van der Waals surface area contributed by atoms with Crippen molar-refractivity contribution < 1.29 is 120 Å². The van der Waals surface area contributed by atoms with Gasteiger partial charge in [-0.25, -0.2) is 42.6 Å². The smallest absolute Gasteiger partial charge is 0.469 e. The summed E-state index contributed by atoms with van der Waals surface area (Å²) in [5, 5.41) is 13.0. The number of hydrogen-bond donors (Lipinski definition) is 7. The molecule has 3 aliphatic heterocycles. The largest absolute Gasteiger partial charge is 0.524 e. The van der Waals surface area contributed by atoms with Gasteiger partial charge in [-0.05, 0) is 126 Å². The van der Waals surface area contributed by atoms with E-state index in [4.69, 9.17) is 18.7 Å². The maximum atomic E-state index is 16.9. The van der Waals surface area contributed by atoms with Crippen LogP contribution in [0.15, 0.2) is 73.2 Å². The number of fused-ring (bicyclic) bond motifs is 2. The Morgan fingerprint density at radius 1 is 0.750 bits per heavy atom. The Labute approximate surface area is 636 Å². The first-order valence-electron chi connectivity index (χ1n) is 35.3. The van der Waals surface area contributed by atoms with Crippen molar-refractivity contribution in [2.24, 2.45) is 16.2 Å². The number of amides is 5. The van der Waals surface area contributed by atoms with Gasteiger partial charge in [0.1, 0.15) is 35.6 Å². The van der Waals surface area contributed by atoms with Gasteiger partial charge in [0.2, 0.25) is 17.8 Å². The van der Waals surface area contributed by atoms with E-state index < -0.39 is 187 Å². The number of phosphoric ester groups is 1. The number of aryl methyl sites for hydroxylation is 1. The number of aromatic nitrogens is 4. The number of ether oxygens (including phenoxy) is 5. The molecule has 112 heavy (non-hydrogen) atoms. The van der Waals surface area contributed by atoms with Crippen LogP contribution in [0.25, 0.3) is 11.3 Å². The topological polar surface area (TPSA) is 346 Å². The summed E-state index contributed by atoms with van der Waals surface area (Å²) < 4.78 is 197. The molecule has 7 N–H and O–H groups in total. The minimum absolute atomic E-state index is 0.000267. The number of hydrogen-bond acceptors (Lipinski definition) is 20. The van der Waals surface area contributed by atoms with Crippen LogP contribution >= 0.6 is 7.82 Å². The molecule has 6 fully saturated rings. The van der Waals surface area contributed by atoms with Gasteiger partial charge in [0.05, 0.1) is 93.5 Å². The van der Waals surface area contributed by atoms with Crippen LogP contribution in [0.3, 0.4) is 0 Å². The van der Waals surface area contributed by atoms with E-state index in [-0.39, 0.29) is 46.2 Å². The Balaban J connectivity index is 1.07. The van der Waals surface area contributed by atoms with Gasteiger partial charge in [-0.1, -0.05) is 43.9 Å². The summed E-state index contributed by atoms with van der Waals surface area (Å²) in [5.74, 6) is -3.35. The third-order valence-electron chi connectivity index (χ3n) is 21.1. The second-order valence-electron chi connectivity index (χ2n) is 30.6. The predicted octanol–water partition coefficient (Wildman–Crippen LogP) is 8.47. The predicted molar refractivity (Wildman–Crippen MR) is 376 cm³/mol. The number of carbonyl (C=O) groups excluding carboxylic acids is 7. The standard InChI is InChI=1S/C73H85F10N12O16P/c1-39-21-44(26-55(96)89-71-36-70(37-71,38-71)62(100)106-8)57(53(22-39)111-112(103,104)105)67(2,3)27-56(97)110-54(33-93(91-61(99)59(88-66(102)108-10)69(6,7)73(81,82)83)32-48-49(74)24-43(25-50(48)75)51-19-20-94(90-51)63(76)77)52(86-60(98)58(87-65(101)107-9)68(4,5)72(78,79)80)23-41-14-11-40(12-15-41)13-16-42-28-84-64(85-29-42)92-30-45-17-18-46(31-92)95(45)47-34-109-35-47/h11-12,14-15,19-22,24-25,28-29,45-47,52,54,58-59,63H,17-18,23,26-27,30-38H2,1-10H3,(H,86,98)(H,87,101)(H,88,102)(H,89,96)(H,91,99)(H2,103,104,105)/t45?,46?,52-,54-,58+,59+,70?,71?/m0/s1. The van der Waals surface area contributed by atoms with Crippen LogP contribution in [-0.4, -0.2) is 196 Å². The van der Waals surface area contributed by atoms with Crippen molar-refractivity contribution in [2.75, 3.05) is 59.1 Å². The van der Waals surface area contributed by atoms with Gasteiger partial charge in [0.25, 0.3) is 5.91 Å². The normalized spacial score (nSPS) is 20.3. The van der Waals surface area contributed by atoms with Crippen molar-refractivity contribution in [2.45, 2.75) is 179 Å². The lowest BCUT2D eigenvalue weighted by molar-refractivity contribution is -0.221. The molecule has 28 nitrogen and oxygen atoms in total.